The van der Waals surface area contributed by atoms with Gasteiger partial charge in [-0.3, -0.25) is 0 Å². The zero-order valence-electron chi connectivity index (χ0n) is 15.8. The minimum absolute atomic E-state index is 0.0264. The van der Waals surface area contributed by atoms with Crippen LogP contribution >= 0.6 is 0 Å². The Morgan fingerprint density at radius 1 is 1.03 bits per heavy atom. The summed E-state index contributed by atoms with van der Waals surface area (Å²) in [4.78, 5) is 19.8. The molecule has 0 atom stereocenters. The van der Waals surface area contributed by atoms with Crippen LogP contribution in [0.5, 0.6) is 0 Å². The Balaban J connectivity index is 1.36. The highest BCUT2D eigenvalue weighted by atomic mass is 19.4. The van der Waals surface area contributed by atoms with E-state index in [-0.39, 0.29) is 30.7 Å². The number of rotatable bonds is 5. The van der Waals surface area contributed by atoms with Gasteiger partial charge in [0.2, 0.25) is 5.82 Å². The van der Waals surface area contributed by atoms with Gasteiger partial charge in [0.05, 0.1) is 0 Å². The van der Waals surface area contributed by atoms with Crippen molar-refractivity contribution in [2.75, 3.05) is 11.9 Å². The molecule has 4 aromatic rings. The molecule has 0 unspecified atom stereocenters. The number of imidazole rings is 1. The van der Waals surface area contributed by atoms with Crippen LogP contribution in [0.25, 0.3) is 21.9 Å². The number of hydrogen-bond donors (Lipinski definition) is 2. The van der Waals surface area contributed by atoms with Crippen molar-refractivity contribution in [3.63, 3.8) is 0 Å². The predicted molar refractivity (Wildman–Crippen MR) is 108 cm³/mol. The molecule has 2 heterocycles. The van der Waals surface area contributed by atoms with Crippen LogP contribution in [-0.4, -0.2) is 27.1 Å². The van der Waals surface area contributed by atoms with Crippen molar-refractivity contribution in [2.24, 2.45) is 0 Å². The molecule has 0 aliphatic rings. The smallest absolute Gasteiger partial charge is 0.338 e. The van der Waals surface area contributed by atoms with Gasteiger partial charge in [0.25, 0.3) is 0 Å². The molecule has 0 saturated heterocycles. The number of halogens is 3. The van der Waals surface area contributed by atoms with E-state index in [0.29, 0.717) is 5.69 Å². The van der Waals surface area contributed by atoms with Crippen molar-refractivity contribution in [1.82, 2.24) is 19.9 Å². The molecular weight excluding hydrogens is 395 g/mol. The first-order chi connectivity index (χ1) is 14.4. The van der Waals surface area contributed by atoms with E-state index in [1.165, 1.54) is 12.3 Å². The fraction of sp³-hybridized carbons (Fsp3) is 0.190. The molecule has 2 N–H and O–H groups in total. The van der Waals surface area contributed by atoms with Crippen LogP contribution in [0.15, 0.2) is 60.8 Å². The van der Waals surface area contributed by atoms with E-state index in [0.717, 1.165) is 15.3 Å². The van der Waals surface area contributed by atoms with E-state index in [9.17, 15) is 18.0 Å². The topological polar surface area (TPSA) is 71.8 Å². The fourth-order valence-electron chi connectivity index (χ4n) is 3.27. The lowest BCUT2D eigenvalue weighted by Gasteiger charge is -2.12. The number of anilines is 1. The Hall–Kier alpha value is -3.62. The SMILES string of the molecule is O=C(NCCCn1c(C(F)(F)F)nc2cccnc21)Nc1ccc2ccccc2c1. The Bertz CT molecular complexity index is 1200. The van der Waals surface area contributed by atoms with Crippen molar-refractivity contribution >= 4 is 33.7 Å². The first kappa shape index (κ1) is 19.7. The average Bonchev–Trinajstić information content (AvgIpc) is 3.10. The van der Waals surface area contributed by atoms with Crippen LogP contribution in [0.4, 0.5) is 23.7 Å². The third-order valence-electron chi connectivity index (χ3n) is 4.61. The lowest BCUT2D eigenvalue weighted by molar-refractivity contribution is -0.147. The van der Waals surface area contributed by atoms with E-state index in [4.69, 9.17) is 0 Å². The summed E-state index contributed by atoms with van der Waals surface area (Å²) in [5.74, 6) is -0.989. The molecule has 0 radical (unpaired) electrons. The molecule has 9 heteroatoms. The third kappa shape index (κ3) is 4.19. The highest BCUT2D eigenvalue weighted by Gasteiger charge is 2.37. The Morgan fingerprint density at radius 3 is 2.63 bits per heavy atom. The maximum absolute atomic E-state index is 13.3. The summed E-state index contributed by atoms with van der Waals surface area (Å²) in [6.07, 6.45) is -2.87. The number of alkyl halides is 3. The van der Waals surface area contributed by atoms with Gasteiger partial charge in [-0.1, -0.05) is 30.3 Å². The minimum atomic E-state index is -4.58. The highest BCUT2D eigenvalue weighted by Crippen LogP contribution is 2.31. The zero-order chi connectivity index (χ0) is 21.1. The molecule has 2 amide bonds. The second-order valence-electron chi connectivity index (χ2n) is 6.73. The van der Waals surface area contributed by atoms with E-state index in [2.05, 4.69) is 20.6 Å². The quantitative estimate of drug-likeness (QED) is 0.461. The summed E-state index contributed by atoms with van der Waals surface area (Å²) in [6, 6.07) is 15.9. The number of pyridine rings is 1. The fourth-order valence-corrected chi connectivity index (χ4v) is 3.27. The van der Waals surface area contributed by atoms with Gasteiger partial charge in [-0.15, -0.1) is 0 Å². The van der Waals surface area contributed by atoms with Crippen molar-refractivity contribution in [3.8, 4) is 0 Å². The molecule has 0 bridgehead atoms. The van der Waals surface area contributed by atoms with E-state index >= 15 is 0 Å². The maximum Gasteiger partial charge on any atom is 0.449 e. The highest BCUT2D eigenvalue weighted by molar-refractivity contribution is 5.93. The maximum atomic E-state index is 13.3. The van der Waals surface area contributed by atoms with Gasteiger partial charge in [-0.2, -0.15) is 13.2 Å². The number of benzene rings is 2. The molecule has 0 spiro atoms. The molecule has 30 heavy (non-hydrogen) atoms. The number of nitrogens with zero attached hydrogens (tertiary/aromatic N) is 3. The Morgan fingerprint density at radius 2 is 1.83 bits per heavy atom. The lowest BCUT2D eigenvalue weighted by atomic mass is 10.1. The van der Waals surface area contributed by atoms with Gasteiger partial charge >= 0.3 is 12.2 Å². The Labute approximate surface area is 169 Å². The molecule has 154 valence electrons. The summed E-state index contributed by atoms with van der Waals surface area (Å²) >= 11 is 0. The molecular formula is C21H18F3N5O. The van der Waals surface area contributed by atoms with Crippen molar-refractivity contribution in [2.45, 2.75) is 19.1 Å². The van der Waals surface area contributed by atoms with Crippen molar-refractivity contribution < 1.29 is 18.0 Å². The second-order valence-corrected chi connectivity index (χ2v) is 6.73. The van der Waals surface area contributed by atoms with Crippen LogP contribution in [0.2, 0.25) is 0 Å². The number of amides is 2. The van der Waals surface area contributed by atoms with Crippen molar-refractivity contribution in [1.29, 1.82) is 0 Å². The number of carbonyl (C=O) groups is 1. The number of hydrogen-bond acceptors (Lipinski definition) is 3. The normalized spacial score (nSPS) is 11.7. The number of fused-ring (bicyclic) bond motifs is 2. The number of aryl methyl sites for hydroxylation is 1. The molecule has 0 fully saturated rings. The first-order valence-corrected chi connectivity index (χ1v) is 9.34. The van der Waals surface area contributed by atoms with Crippen LogP contribution in [0.3, 0.4) is 0 Å². The monoisotopic (exact) mass is 413 g/mol. The molecule has 2 aromatic carbocycles. The van der Waals surface area contributed by atoms with Crippen molar-refractivity contribution in [3.05, 3.63) is 66.6 Å². The van der Waals surface area contributed by atoms with Gasteiger partial charge < -0.3 is 15.2 Å². The molecule has 4 rings (SSSR count). The van der Waals surface area contributed by atoms with Crippen LogP contribution in [0.1, 0.15) is 12.2 Å². The minimum Gasteiger partial charge on any atom is -0.338 e. The summed E-state index contributed by atoms with van der Waals surface area (Å²) in [5.41, 5.74) is 0.993. The van der Waals surface area contributed by atoms with Gasteiger partial charge in [0.1, 0.15) is 5.52 Å². The van der Waals surface area contributed by atoms with Gasteiger partial charge in [0, 0.05) is 25.0 Å². The summed E-state index contributed by atoms with van der Waals surface area (Å²) in [7, 11) is 0. The third-order valence-corrected chi connectivity index (χ3v) is 4.61. The molecule has 0 saturated carbocycles. The first-order valence-electron chi connectivity index (χ1n) is 9.34. The lowest BCUT2D eigenvalue weighted by Crippen LogP contribution is -2.30. The predicted octanol–water partition coefficient (Wildman–Crippen LogP) is 4.82. The molecule has 6 nitrogen and oxygen atoms in total. The van der Waals surface area contributed by atoms with E-state index in [1.54, 1.807) is 12.1 Å². The molecule has 2 aromatic heterocycles. The van der Waals surface area contributed by atoms with Gasteiger partial charge in [0.15, 0.2) is 5.65 Å². The average molecular weight is 413 g/mol. The largest absolute Gasteiger partial charge is 0.449 e. The van der Waals surface area contributed by atoms with E-state index < -0.39 is 18.0 Å². The zero-order valence-corrected chi connectivity index (χ0v) is 15.8. The van der Waals surface area contributed by atoms with Crippen LogP contribution in [-0.2, 0) is 12.7 Å². The van der Waals surface area contributed by atoms with Gasteiger partial charge in [-0.25, -0.2) is 14.8 Å². The number of carbonyl (C=O) groups excluding carboxylic acids is 1. The second kappa shape index (κ2) is 8.02. The number of nitrogens with one attached hydrogen (secondary N) is 2. The summed E-state index contributed by atoms with van der Waals surface area (Å²) in [5, 5.41) is 7.45. The summed E-state index contributed by atoms with van der Waals surface area (Å²) in [6.45, 7) is 0.224. The molecule has 0 aliphatic carbocycles. The number of urea groups is 1. The van der Waals surface area contributed by atoms with E-state index in [1.807, 2.05) is 36.4 Å². The van der Waals surface area contributed by atoms with Crippen LogP contribution < -0.4 is 10.6 Å². The Kier molecular flexibility index (Phi) is 5.26. The standard InChI is InChI=1S/C21H18F3N5O/c22-21(23,24)19-28-17-7-3-10-25-18(17)29(19)12-4-11-26-20(30)27-16-9-8-14-5-1-2-6-15(14)13-16/h1-3,5-10,13H,4,11-12H2,(H2,26,27,30). The van der Waals surface area contributed by atoms with Crippen LogP contribution in [0, 0.1) is 0 Å². The van der Waals surface area contributed by atoms with Gasteiger partial charge in [-0.05, 0) is 41.5 Å². The number of aromatic nitrogens is 3. The summed E-state index contributed by atoms with van der Waals surface area (Å²) < 4.78 is 40.9. The molecule has 0 aliphatic heterocycles.